The molecule has 9 heteroatoms. The molecule has 3 aliphatic rings. The molecule has 2 aromatic carbocycles. The summed E-state index contributed by atoms with van der Waals surface area (Å²) in [6, 6.07) is 13.3. The largest absolute Gasteiger partial charge is 0.432 e. The smallest absolute Gasteiger partial charge is 0.264 e. The van der Waals surface area contributed by atoms with Gasteiger partial charge in [0.1, 0.15) is 0 Å². The average molecular weight is 571 g/mol. The molecule has 0 bridgehead atoms. The first-order valence-electron chi connectivity index (χ1n) is 14.1. The van der Waals surface area contributed by atoms with E-state index in [1.807, 2.05) is 61.3 Å². The van der Waals surface area contributed by atoms with Gasteiger partial charge in [0.05, 0.1) is 18.3 Å². The SMILES string of the molecule is C[C@@H]1[C@@H]([Si](C)(C)O)[C@H](CCO)O[C@@]12C(=O)N(Cc1cccc(N3CCCCCCC3=O)c1)c1ccc(Cl)cc12. The molecular formula is C30H39ClN2O5Si. The molecular weight excluding hydrogens is 532 g/mol. The fourth-order valence-corrected chi connectivity index (χ4v) is 9.82. The topological polar surface area (TPSA) is 90.3 Å². The van der Waals surface area contributed by atoms with Gasteiger partial charge in [-0.3, -0.25) is 9.59 Å². The summed E-state index contributed by atoms with van der Waals surface area (Å²) in [6.07, 6.45) is 4.59. The van der Waals surface area contributed by atoms with Crippen LogP contribution in [0.25, 0.3) is 0 Å². The highest BCUT2D eigenvalue weighted by atomic mass is 35.5. The fourth-order valence-electron chi connectivity index (χ4n) is 7.04. The van der Waals surface area contributed by atoms with E-state index in [4.69, 9.17) is 16.3 Å². The molecule has 2 saturated heterocycles. The van der Waals surface area contributed by atoms with Crippen LogP contribution < -0.4 is 9.80 Å². The maximum atomic E-state index is 14.4. The number of hydrogen-bond donors (Lipinski definition) is 2. The van der Waals surface area contributed by atoms with Crippen LogP contribution in [0.2, 0.25) is 23.7 Å². The summed E-state index contributed by atoms with van der Waals surface area (Å²) >= 11 is 6.45. The zero-order valence-electron chi connectivity index (χ0n) is 23.0. The van der Waals surface area contributed by atoms with Gasteiger partial charge in [0.2, 0.25) is 5.91 Å². The molecule has 0 radical (unpaired) electrons. The highest BCUT2D eigenvalue weighted by molar-refractivity contribution is 6.71. The minimum absolute atomic E-state index is 0.0865. The molecule has 0 unspecified atom stereocenters. The summed E-state index contributed by atoms with van der Waals surface area (Å²) in [5.74, 6) is -0.336. The van der Waals surface area contributed by atoms with Gasteiger partial charge >= 0.3 is 0 Å². The average Bonchev–Trinajstić information content (AvgIpc) is 3.29. The van der Waals surface area contributed by atoms with E-state index in [0.717, 1.165) is 42.6 Å². The second kappa shape index (κ2) is 11.0. The van der Waals surface area contributed by atoms with Crippen molar-refractivity contribution >= 4 is 43.1 Å². The number of ether oxygens (including phenoxy) is 1. The molecule has 4 atom stereocenters. The third-order valence-corrected chi connectivity index (χ3v) is 11.5. The predicted molar refractivity (Wildman–Crippen MR) is 155 cm³/mol. The molecule has 5 rings (SSSR count). The molecule has 2 aromatic rings. The van der Waals surface area contributed by atoms with Crippen LogP contribution in [0.15, 0.2) is 42.5 Å². The molecule has 3 heterocycles. The second-order valence-electron chi connectivity index (χ2n) is 11.8. The Morgan fingerprint density at radius 3 is 2.62 bits per heavy atom. The van der Waals surface area contributed by atoms with Crippen molar-refractivity contribution in [3.8, 4) is 0 Å². The van der Waals surface area contributed by atoms with Crippen molar-refractivity contribution in [3.63, 3.8) is 0 Å². The lowest BCUT2D eigenvalue weighted by atomic mass is 9.82. The number of anilines is 2. The molecule has 0 aliphatic carbocycles. The Hall–Kier alpha value is -2.23. The van der Waals surface area contributed by atoms with E-state index in [-0.39, 0.29) is 29.9 Å². The maximum absolute atomic E-state index is 14.4. The van der Waals surface area contributed by atoms with Crippen LogP contribution in [0.1, 0.15) is 56.6 Å². The molecule has 39 heavy (non-hydrogen) atoms. The molecule has 2 N–H and O–H groups in total. The number of fused-ring (bicyclic) bond motifs is 2. The Morgan fingerprint density at radius 2 is 1.87 bits per heavy atom. The number of aliphatic hydroxyl groups excluding tert-OH is 1. The van der Waals surface area contributed by atoms with Crippen LogP contribution in [0, 0.1) is 5.92 Å². The molecule has 7 nitrogen and oxygen atoms in total. The van der Waals surface area contributed by atoms with Crippen LogP contribution in [0.4, 0.5) is 11.4 Å². The van der Waals surface area contributed by atoms with Gasteiger partial charge in [0, 0.05) is 47.3 Å². The van der Waals surface area contributed by atoms with Crippen LogP contribution >= 0.6 is 11.6 Å². The van der Waals surface area contributed by atoms with Crippen LogP contribution in [0.5, 0.6) is 0 Å². The first-order chi connectivity index (χ1) is 18.6. The van der Waals surface area contributed by atoms with Crippen LogP contribution in [-0.2, 0) is 26.5 Å². The van der Waals surface area contributed by atoms with Gasteiger partial charge in [0.25, 0.3) is 5.91 Å². The van der Waals surface area contributed by atoms with E-state index in [9.17, 15) is 19.5 Å². The number of carbonyl (C=O) groups excluding carboxylic acids is 2. The van der Waals surface area contributed by atoms with E-state index in [1.54, 1.807) is 11.0 Å². The predicted octanol–water partition coefficient (Wildman–Crippen LogP) is 5.36. The highest BCUT2D eigenvalue weighted by Crippen LogP contribution is 2.60. The summed E-state index contributed by atoms with van der Waals surface area (Å²) in [5.41, 5.74) is 1.71. The number of aliphatic hydroxyl groups is 1. The van der Waals surface area contributed by atoms with E-state index in [2.05, 4.69) is 0 Å². The fraction of sp³-hybridized carbons (Fsp3) is 0.533. The third kappa shape index (κ3) is 5.06. The van der Waals surface area contributed by atoms with E-state index >= 15 is 0 Å². The first-order valence-corrected chi connectivity index (χ1v) is 17.5. The lowest BCUT2D eigenvalue weighted by Crippen LogP contribution is -2.46. The quantitative estimate of drug-likeness (QED) is 0.456. The van der Waals surface area contributed by atoms with E-state index in [1.165, 1.54) is 0 Å². The summed E-state index contributed by atoms with van der Waals surface area (Å²) in [5, 5.41) is 10.3. The number of nitrogens with zero attached hydrogens (tertiary/aromatic N) is 2. The van der Waals surface area contributed by atoms with Gasteiger partial charge in [0.15, 0.2) is 13.9 Å². The molecule has 0 saturated carbocycles. The Labute approximate surface area is 236 Å². The van der Waals surface area contributed by atoms with Gasteiger partial charge in [-0.2, -0.15) is 0 Å². The Balaban J connectivity index is 1.51. The molecule has 2 fully saturated rings. The van der Waals surface area contributed by atoms with E-state index < -0.39 is 20.0 Å². The van der Waals surface area contributed by atoms with Crippen molar-refractivity contribution in [2.75, 3.05) is 23.0 Å². The van der Waals surface area contributed by atoms with Gasteiger partial charge < -0.3 is 24.4 Å². The van der Waals surface area contributed by atoms with E-state index in [0.29, 0.717) is 36.5 Å². The van der Waals surface area contributed by atoms with Crippen molar-refractivity contribution in [3.05, 3.63) is 58.6 Å². The molecule has 210 valence electrons. The van der Waals surface area contributed by atoms with Gasteiger partial charge in [-0.25, -0.2) is 0 Å². The van der Waals surface area contributed by atoms with Crippen molar-refractivity contribution < 1.29 is 24.2 Å². The number of rotatable bonds is 6. The number of carbonyl (C=O) groups is 2. The number of halogens is 1. The Kier molecular flexibility index (Phi) is 7.96. The minimum Gasteiger partial charge on any atom is -0.432 e. The Morgan fingerprint density at radius 1 is 1.10 bits per heavy atom. The van der Waals surface area contributed by atoms with Crippen molar-refractivity contribution in [2.45, 2.75) is 82.3 Å². The maximum Gasteiger partial charge on any atom is 0.264 e. The second-order valence-corrected chi connectivity index (χ2v) is 16.2. The Bertz CT molecular complexity index is 1250. The highest BCUT2D eigenvalue weighted by Gasteiger charge is 2.66. The molecule has 2 amide bonds. The van der Waals surface area contributed by atoms with Gasteiger partial charge in [-0.05, 0) is 68.3 Å². The van der Waals surface area contributed by atoms with Crippen molar-refractivity contribution in [1.29, 1.82) is 0 Å². The number of amides is 2. The van der Waals surface area contributed by atoms with Crippen molar-refractivity contribution in [1.82, 2.24) is 0 Å². The number of hydrogen-bond acceptors (Lipinski definition) is 5. The summed E-state index contributed by atoms with van der Waals surface area (Å²) < 4.78 is 6.63. The molecule has 1 spiro atoms. The first kappa shape index (κ1) is 28.3. The third-order valence-electron chi connectivity index (χ3n) is 8.75. The monoisotopic (exact) mass is 570 g/mol. The zero-order valence-corrected chi connectivity index (χ0v) is 24.8. The summed E-state index contributed by atoms with van der Waals surface area (Å²) in [4.78, 5) is 42.1. The number of benzene rings is 2. The van der Waals surface area contributed by atoms with Crippen molar-refractivity contribution in [2.24, 2.45) is 5.92 Å². The van der Waals surface area contributed by atoms with Gasteiger partial charge in [-0.15, -0.1) is 0 Å². The normalized spacial score (nSPS) is 27.7. The minimum atomic E-state index is -2.76. The summed E-state index contributed by atoms with van der Waals surface area (Å²) in [7, 11) is -2.76. The molecule has 3 aliphatic heterocycles. The van der Waals surface area contributed by atoms with Crippen LogP contribution in [0.3, 0.4) is 0 Å². The molecule has 0 aromatic heterocycles. The lowest BCUT2D eigenvalue weighted by molar-refractivity contribution is -0.146. The summed E-state index contributed by atoms with van der Waals surface area (Å²) in [6.45, 7) is 6.65. The lowest BCUT2D eigenvalue weighted by Gasteiger charge is -2.32. The standard InChI is InChI=1S/C30H39ClN2O5Si/c1-20-28(39(2,3)37)26(14-16-34)38-30(20)24-18-22(31)12-13-25(24)33(29(30)36)19-21-9-8-10-23(17-21)32-15-7-5-4-6-11-27(32)35/h8-10,12-13,17-18,20,26,28,34,37H,4-7,11,14-16,19H2,1-3H3/t20-,26+,28-,30+/m1/s1. The zero-order chi connectivity index (χ0) is 27.9. The van der Waals surface area contributed by atoms with Gasteiger partial charge in [-0.1, -0.05) is 43.5 Å². The van der Waals surface area contributed by atoms with Crippen LogP contribution in [-0.4, -0.2) is 49.3 Å².